The van der Waals surface area contributed by atoms with Crippen LogP contribution in [0.15, 0.2) is 47.6 Å². The molecule has 0 aliphatic carbocycles. The Hall–Kier alpha value is -3.13. The van der Waals surface area contributed by atoms with Crippen LogP contribution in [0.1, 0.15) is 15.9 Å². The van der Waals surface area contributed by atoms with E-state index in [2.05, 4.69) is 22.7 Å². The SMILES string of the molecule is COc1ccc(C(=O)Oc2ccc(C=NNC(N)=S)cc2)cc1OC. The van der Waals surface area contributed by atoms with Gasteiger partial charge in [0.1, 0.15) is 5.75 Å². The maximum Gasteiger partial charge on any atom is 0.343 e. The Morgan fingerprint density at radius 2 is 1.80 bits per heavy atom. The van der Waals surface area contributed by atoms with E-state index in [9.17, 15) is 4.79 Å². The predicted molar refractivity (Wildman–Crippen MR) is 98.5 cm³/mol. The highest BCUT2D eigenvalue weighted by atomic mass is 32.1. The van der Waals surface area contributed by atoms with Gasteiger partial charge < -0.3 is 19.9 Å². The average Bonchev–Trinajstić information content (AvgIpc) is 2.62. The summed E-state index contributed by atoms with van der Waals surface area (Å²) in [5, 5.41) is 3.92. The molecule has 2 aromatic carbocycles. The molecule has 2 aromatic rings. The van der Waals surface area contributed by atoms with E-state index in [4.69, 9.17) is 19.9 Å². The smallest absolute Gasteiger partial charge is 0.343 e. The van der Waals surface area contributed by atoms with Crippen LogP contribution in [0, 0.1) is 0 Å². The molecular formula is C17H17N3O4S. The van der Waals surface area contributed by atoms with Gasteiger partial charge in [0.05, 0.1) is 26.0 Å². The third kappa shape index (κ3) is 5.18. The van der Waals surface area contributed by atoms with Crippen LogP contribution in [0.2, 0.25) is 0 Å². The number of carbonyl (C=O) groups is 1. The van der Waals surface area contributed by atoms with Gasteiger partial charge in [-0.1, -0.05) is 0 Å². The zero-order chi connectivity index (χ0) is 18.2. The minimum Gasteiger partial charge on any atom is -0.493 e. The van der Waals surface area contributed by atoms with Crippen LogP contribution in [0.25, 0.3) is 0 Å². The lowest BCUT2D eigenvalue weighted by molar-refractivity contribution is 0.0734. The van der Waals surface area contributed by atoms with Crippen LogP contribution in [0.4, 0.5) is 0 Å². The van der Waals surface area contributed by atoms with Gasteiger partial charge in [-0.15, -0.1) is 0 Å². The van der Waals surface area contributed by atoms with Crippen molar-refractivity contribution in [2.45, 2.75) is 0 Å². The summed E-state index contributed by atoms with van der Waals surface area (Å²) in [6, 6.07) is 11.6. The molecule has 0 aromatic heterocycles. The largest absolute Gasteiger partial charge is 0.493 e. The lowest BCUT2D eigenvalue weighted by atomic mass is 10.2. The fraction of sp³-hybridized carbons (Fsp3) is 0.118. The normalized spacial score (nSPS) is 10.3. The summed E-state index contributed by atoms with van der Waals surface area (Å²) >= 11 is 4.64. The van der Waals surface area contributed by atoms with Gasteiger partial charge in [-0.2, -0.15) is 5.10 Å². The zero-order valence-corrected chi connectivity index (χ0v) is 14.5. The number of hydrogen-bond acceptors (Lipinski definition) is 6. The van der Waals surface area contributed by atoms with Crippen molar-refractivity contribution >= 4 is 29.5 Å². The van der Waals surface area contributed by atoms with E-state index in [0.717, 1.165) is 5.56 Å². The average molecular weight is 359 g/mol. The van der Waals surface area contributed by atoms with Gasteiger partial charge in [0.2, 0.25) is 0 Å². The van der Waals surface area contributed by atoms with Crippen molar-refractivity contribution in [3.63, 3.8) is 0 Å². The quantitative estimate of drug-likeness (QED) is 0.268. The van der Waals surface area contributed by atoms with Crippen molar-refractivity contribution in [3.05, 3.63) is 53.6 Å². The molecule has 0 fully saturated rings. The number of hydrogen-bond donors (Lipinski definition) is 2. The summed E-state index contributed by atoms with van der Waals surface area (Å²) in [7, 11) is 3.02. The summed E-state index contributed by atoms with van der Waals surface area (Å²) in [6.07, 6.45) is 1.54. The maximum absolute atomic E-state index is 12.2. The third-order valence-corrected chi connectivity index (χ3v) is 3.19. The molecule has 2 rings (SSSR count). The number of nitrogens with zero attached hydrogens (tertiary/aromatic N) is 1. The minimum atomic E-state index is -0.502. The van der Waals surface area contributed by atoms with Crippen LogP contribution >= 0.6 is 12.2 Å². The molecule has 25 heavy (non-hydrogen) atoms. The topological polar surface area (TPSA) is 95.2 Å². The number of nitrogens with two attached hydrogens (primary N) is 1. The number of rotatable bonds is 6. The fourth-order valence-electron chi connectivity index (χ4n) is 1.92. The number of nitrogens with one attached hydrogen (secondary N) is 1. The number of hydrazone groups is 1. The molecule has 8 heteroatoms. The number of carbonyl (C=O) groups excluding carboxylic acids is 1. The predicted octanol–water partition coefficient (Wildman–Crippen LogP) is 2.09. The van der Waals surface area contributed by atoms with E-state index < -0.39 is 5.97 Å². The second-order valence-electron chi connectivity index (χ2n) is 4.76. The summed E-state index contributed by atoms with van der Waals surface area (Å²) in [5.41, 5.74) is 8.85. The van der Waals surface area contributed by atoms with Gasteiger partial charge in [0, 0.05) is 0 Å². The summed E-state index contributed by atoms with van der Waals surface area (Å²) < 4.78 is 15.6. The fourth-order valence-corrected chi connectivity index (χ4v) is 1.97. The molecule has 0 saturated heterocycles. The minimum absolute atomic E-state index is 0.0803. The molecule has 7 nitrogen and oxygen atoms in total. The molecule has 0 aliphatic heterocycles. The highest BCUT2D eigenvalue weighted by Gasteiger charge is 2.12. The first-order chi connectivity index (χ1) is 12.0. The van der Waals surface area contributed by atoms with Crippen LogP contribution in [-0.4, -0.2) is 31.5 Å². The molecule has 0 radical (unpaired) electrons. The first-order valence-electron chi connectivity index (χ1n) is 7.16. The Morgan fingerprint density at radius 1 is 1.12 bits per heavy atom. The monoisotopic (exact) mass is 359 g/mol. The molecule has 3 N–H and O–H groups in total. The van der Waals surface area contributed by atoms with Gasteiger partial charge in [-0.25, -0.2) is 4.79 Å². The van der Waals surface area contributed by atoms with E-state index in [1.165, 1.54) is 14.2 Å². The summed E-state index contributed by atoms with van der Waals surface area (Å²) in [6.45, 7) is 0. The molecule has 0 heterocycles. The van der Waals surface area contributed by atoms with E-state index in [1.54, 1.807) is 48.7 Å². The lowest BCUT2D eigenvalue weighted by Gasteiger charge is -2.09. The van der Waals surface area contributed by atoms with E-state index in [-0.39, 0.29) is 5.11 Å². The van der Waals surface area contributed by atoms with Crippen LogP contribution in [-0.2, 0) is 0 Å². The van der Waals surface area contributed by atoms with Crippen LogP contribution < -0.4 is 25.4 Å². The van der Waals surface area contributed by atoms with Crippen molar-refractivity contribution in [1.29, 1.82) is 0 Å². The van der Waals surface area contributed by atoms with Gasteiger partial charge in [0.25, 0.3) is 0 Å². The Morgan fingerprint density at radius 3 is 2.40 bits per heavy atom. The van der Waals surface area contributed by atoms with Gasteiger partial charge in [0.15, 0.2) is 16.6 Å². The number of esters is 1. The van der Waals surface area contributed by atoms with Gasteiger partial charge in [-0.3, -0.25) is 5.43 Å². The molecule has 0 saturated carbocycles. The zero-order valence-electron chi connectivity index (χ0n) is 13.7. The number of thiocarbonyl (C=S) groups is 1. The standard InChI is InChI=1S/C17H17N3O4S/c1-22-14-8-5-12(9-15(14)23-2)16(21)24-13-6-3-11(4-7-13)10-19-20-17(18)25/h3-10H,1-2H3,(H3,18,20,25). The number of methoxy groups -OCH3 is 2. The van der Waals surface area contributed by atoms with Crippen LogP contribution in [0.5, 0.6) is 17.2 Å². The molecular weight excluding hydrogens is 342 g/mol. The molecule has 0 bridgehead atoms. The molecule has 130 valence electrons. The molecule has 0 atom stereocenters. The van der Waals surface area contributed by atoms with Crippen molar-refractivity contribution in [2.24, 2.45) is 10.8 Å². The van der Waals surface area contributed by atoms with Crippen molar-refractivity contribution in [3.8, 4) is 17.2 Å². The summed E-state index contributed by atoms with van der Waals surface area (Å²) in [5.74, 6) is 0.888. The second kappa shape index (κ2) is 8.65. The second-order valence-corrected chi connectivity index (χ2v) is 5.20. The Labute approximate surface area is 150 Å². The number of benzene rings is 2. The molecule has 0 spiro atoms. The van der Waals surface area contributed by atoms with Crippen molar-refractivity contribution < 1.29 is 19.0 Å². The van der Waals surface area contributed by atoms with Crippen LogP contribution in [0.3, 0.4) is 0 Å². The molecule has 0 amide bonds. The maximum atomic E-state index is 12.2. The molecule has 0 unspecified atom stereocenters. The van der Waals surface area contributed by atoms with Gasteiger partial charge in [-0.05, 0) is 60.2 Å². The summed E-state index contributed by atoms with van der Waals surface area (Å²) in [4.78, 5) is 12.2. The first-order valence-corrected chi connectivity index (χ1v) is 7.57. The van der Waals surface area contributed by atoms with E-state index in [1.807, 2.05) is 0 Å². The Balaban J connectivity index is 2.05. The Kier molecular flexibility index (Phi) is 6.30. The van der Waals surface area contributed by atoms with E-state index >= 15 is 0 Å². The van der Waals surface area contributed by atoms with Crippen molar-refractivity contribution in [2.75, 3.05) is 14.2 Å². The van der Waals surface area contributed by atoms with Crippen molar-refractivity contribution in [1.82, 2.24) is 5.43 Å². The molecule has 0 aliphatic rings. The highest BCUT2D eigenvalue weighted by Crippen LogP contribution is 2.28. The Bertz CT molecular complexity index is 791. The lowest BCUT2D eigenvalue weighted by Crippen LogP contribution is -2.23. The number of ether oxygens (including phenoxy) is 3. The van der Waals surface area contributed by atoms with E-state index in [0.29, 0.717) is 22.8 Å². The first kappa shape index (κ1) is 18.2. The highest BCUT2D eigenvalue weighted by molar-refractivity contribution is 7.80. The third-order valence-electron chi connectivity index (χ3n) is 3.10. The van der Waals surface area contributed by atoms with Gasteiger partial charge >= 0.3 is 5.97 Å².